The second-order valence-corrected chi connectivity index (χ2v) is 11.0. The molecule has 4 aromatic rings. The van der Waals surface area contributed by atoms with Gasteiger partial charge in [-0.2, -0.15) is 0 Å². The molecule has 1 amide bonds. The Morgan fingerprint density at radius 3 is 2.06 bits per heavy atom. The largest absolute Gasteiger partial charge is 0.306 e. The SMILES string of the molecule is CC(=O)N1c2ccc(-c3ccc(S(C)(=O)=O)cc3)cc2N(c2ncc(-c3ccccc3)cn2)CC1C. The van der Waals surface area contributed by atoms with E-state index >= 15 is 0 Å². The van der Waals surface area contributed by atoms with E-state index in [4.69, 9.17) is 0 Å². The monoisotopic (exact) mass is 498 g/mol. The second-order valence-electron chi connectivity index (χ2n) is 8.99. The van der Waals surface area contributed by atoms with Crippen molar-refractivity contribution < 1.29 is 13.2 Å². The third-order valence-corrected chi connectivity index (χ3v) is 7.48. The van der Waals surface area contributed by atoms with Gasteiger partial charge < -0.3 is 9.80 Å². The van der Waals surface area contributed by atoms with Crippen molar-refractivity contribution in [3.8, 4) is 22.3 Å². The number of carbonyl (C=O) groups is 1. The molecule has 36 heavy (non-hydrogen) atoms. The Morgan fingerprint density at radius 1 is 0.833 bits per heavy atom. The molecule has 0 fully saturated rings. The number of nitrogens with zero attached hydrogens (tertiary/aromatic N) is 4. The molecule has 0 aliphatic carbocycles. The lowest BCUT2D eigenvalue weighted by atomic mass is 10.0. The van der Waals surface area contributed by atoms with Crippen LogP contribution in [0.4, 0.5) is 17.3 Å². The van der Waals surface area contributed by atoms with Crippen LogP contribution in [0.3, 0.4) is 0 Å². The molecule has 8 heteroatoms. The van der Waals surface area contributed by atoms with Gasteiger partial charge in [-0.3, -0.25) is 4.79 Å². The Morgan fingerprint density at radius 2 is 1.44 bits per heavy atom. The zero-order valence-electron chi connectivity index (χ0n) is 20.3. The highest BCUT2D eigenvalue weighted by molar-refractivity contribution is 7.90. The molecule has 1 aromatic heterocycles. The van der Waals surface area contributed by atoms with Crippen molar-refractivity contribution in [1.82, 2.24) is 9.97 Å². The van der Waals surface area contributed by atoms with Crippen molar-refractivity contribution in [3.05, 3.63) is 85.2 Å². The average molecular weight is 499 g/mol. The Hall–Kier alpha value is -4.04. The third-order valence-electron chi connectivity index (χ3n) is 6.36. The summed E-state index contributed by atoms with van der Waals surface area (Å²) in [6, 6.07) is 22.6. The maximum atomic E-state index is 12.5. The molecule has 0 radical (unpaired) electrons. The van der Waals surface area contributed by atoms with Crippen LogP contribution in [-0.4, -0.2) is 43.1 Å². The number of hydrogen-bond donors (Lipinski definition) is 0. The van der Waals surface area contributed by atoms with Gasteiger partial charge in [-0.15, -0.1) is 0 Å². The number of fused-ring (bicyclic) bond motifs is 1. The van der Waals surface area contributed by atoms with E-state index < -0.39 is 9.84 Å². The molecule has 3 aromatic carbocycles. The van der Waals surface area contributed by atoms with E-state index in [1.807, 2.05) is 72.7 Å². The number of rotatable bonds is 4. The number of sulfone groups is 1. The smallest absolute Gasteiger partial charge is 0.229 e. The van der Waals surface area contributed by atoms with Crippen molar-refractivity contribution in [3.63, 3.8) is 0 Å². The maximum Gasteiger partial charge on any atom is 0.229 e. The highest BCUT2D eigenvalue weighted by Gasteiger charge is 2.32. The minimum absolute atomic E-state index is 0.0333. The van der Waals surface area contributed by atoms with Gasteiger partial charge >= 0.3 is 0 Å². The van der Waals surface area contributed by atoms with Crippen LogP contribution >= 0.6 is 0 Å². The summed E-state index contributed by atoms with van der Waals surface area (Å²) in [4.78, 5) is 26.0. The second kappa shape index (κ2) is 9.20. The predicted molar refractivity (Wildman–Crippen MR) is 142 cm³/mol. The molecule has 1 aliphatic heterocycles. The number of anilines is 3. The van der Waals surface area contributed by atoms with Crippen LogP contribution in [0, 0.1) is 0 Å². The molecule has 0 N–H and O–H groups in total. The first-order chi connectivity index (χ1) is 17.2. The lowest BCUT2D eigenvalue weighted by Crippen LogP contribution is -2.48. The molecule has 0 saturated heterocycles. The molecule has 1 aliphatic rings. The van der Waals surface area contributed by atoms with Crippen molar-refractivity contribution in [2.24, 2.45) is 0 Å². The van der Waals surface area contributed by atoms with E-state index in [1.54, 1.807) is 36.1 Å². The normalized spacial score (nSPS) is 15.5. The number of amides is 1. The summed E-state index contributed by atoms with van der Waals surface area (Å²) in [6.45, 7) is 4.11. The van der Waals surface area contributed by atoms with Crippen molar-refractivity contribution in [2.75, 3.05) is 22.6 Å². The Balaban J connectivity index is 1.57. The average Bonchev–Trinajstić information content (AvgIpc) is 2.88. The molecular formula is C28H26N4O3S. The standard InChI is InChI=1S/C28H26N4O3S/c1-19-18-31(28-29-16-24(17-30-28)21-7-5-4-6-8-21)27-15-23(11-14-26(27)32(19)20(2)33)22-9-12-25(13-10-22)36(3,34)35/h4-17,19H,18H2,1-3H3. The molecule has 1 atom stereocenters. The highest BCUT2D eigenvalue weighted by Crippen LogP contribution is 2.41. The molecule has 7 nitrogen and oxygen atoms in total. The van der Waals surface area contributed by atoms with Crippen LogP contribution in [-0.2, 0) is 14.6 Å². The third kappa shape index (κ3) is 4.47. The fourth-order valence-electron chi connectivity index (χ4n) is 4.61. The summed E-state index contributed by atoms with van der Waals surface area (Å²) in [6.07, 6.45) is 4.82. The summed E-state index contributed by atoms with van der Waals surface area (Å²) in [5.41, 5.74) is 5.35. The minimum Gasteiger partial charge on any atom is -0.306 e. The Kier molecular flexibility index (Phi) is 6.05. The topological polar surface area (TPSA) is 83.5 Å². The van der Waals surface area contributed by atoms with E-state index in [-0.39, 0.29) is 16.8 Å². The van der Waals surface area contributed by atoms with Crippen LogP contribution < -0.4 is 9.80 Å². The fourth-order valence-corrected chi connectivity index (χ4v) is 5.24. The maximum absolute atomic E-state index is 12.5. The number of carbonyl (C=O) groups excluding carboxylic acids is 1. The predicted octanol–water partition coefficient (Wildman–Crippen LogP) is 5.11. The van der Waals surface area contributed by atoms with E-state index in [1.165, 1.54) is 6.26 Å². The Labute approximate surface area is 211 Å². The number of aromatic nitrogens is 2. The Bertz CT molecular complexity index is 1520. The molecule has 5 rings (SSSR count). The molecule has 0 spiro atoms. The molecule has 182 valence electrons. The summed E-state index contributed by atoms with van der Waals surface area (Å²) < 4.78 is 23.7. The first-order valence-corrected chi connectivity index (χ1v) is 13.5. The quantitative estimate of drug-likeness (QED) is 0.389. The molecule has 2 heterocycles. The summed E-state index contributed by atoms with van der Waals surface area (Å²) in [7, 11) is -3.28. The van der Waals surface area contributed by atoms with Crippen molar-refractivity contribution in [1.29, 1.82) is 0 Å². The summed E-state index contributed by atoms with van der Waals surface area (Å²) in [5.74, 6) is 0.518. The first-order valence-electron chi connectivity index (χ1n) is 11.6. The van der Waals surface area contributed by atoms with Gasteiger partial charge in [0.15, 0.2) is 9.84 Å². The first kappa shape index (κ1) is 23.7. The minimum atomic E-state index is -3.28. The van der Waals surface area contributed by atoms with Crippen LogP contribution in [0.5, 0.6) is 0 Å². The number of hydrogen-bond acceptors (Lipinski definition) is 6. The van der Waals surface area contributed by atoms with Crippen LogP contribution in [0.25, 0.3) is 22.3 Å². The van der Waals surface area contributed by atoms with Crippen molar-refractivity contribution >= 4 is 33.1 Å². The van der Waals surface area contributed by atoms with E-state index in [2.05, 4.69) is 9.97 Å². The lowest BCUT2D eigenvalue weighted by molar-refractivity contribution is -0.117. The van der Waals surface area contributed by atoms with Crippen LogP contribution in [0.1, 0.15) is 13.8 Å². The molecule has 1 unspecified atom stereocenters. The van der Waals surface area contributed by atoms with E-state index in [9.17, 15) is 13.2 Å². The van der Waals surface area contributed by atoms with Gasteiger partial charge in [0.1, 0.15) is 0 Å². The van der Waals surface area contributed by atoms with E-state index in [0.29, 0.717) is 12.5 Å². The van der Waals surface area contributed by atoms with Crippen LogP contribution in [0.15, 0.2) is 90.1 Å². The van der Waals surface area contributed by atoms with Gasteiger partial charge in [-0.25, -0.2) is 18.4 Å². The van der Waals surface area contributed by atoms with Gasteiger partial charge in [-0.05, 0) is 47.9 Å². The molecule has 0 saturated carbocycles. The van der Waals surface area contributed by atoms with Gasteiger partial charge in [0.25, 0.3) is 0 Å². The van der Waals surface area contributed by atoms with Crippen LogP contribution in [0.2, 0.25) is 0 Å². The molecule has 0 bridgehead atoms. The number of benzene rings is 3. The van der Waals surface area contributed by atoms with Gasteiger partial charge in [0, 0.05) is 37.7 Å². The fraction of sp³-hybridized carbons (Fsp3) is 0.179. The van der Waals surface area contributed by atoms with Gasteiger partial charge in [0.2, 0.25) is 11.9 Å². The lowest BCUT2D eigenvalue weighted by Gasteiger charge is -2.41. The summed E-state index contributed by atoms with van der Waals surface area (Å²) in [5, 5.41) is 0. The zero-order chi connectivity index (χ0) is 25.4. The van der Waals surface area contributed by atoms with Crippen molar-refractivity contribution in [2.45, 2.75) is 24.8 Å². The molecular weight excluding hydrogens is 472 g/mol. The summed E-state index contributed by atoms with van der Waals surface area (Å²) >= 11 is 0. The van der Waals surface area contributed by atoms with Gasteiger partial charge in [-0.1, -0.05) is 48.5 Å². The zero-order valence-corrected chi connectivity index (χ0v) is 21.1. The van der Waals surface area contributed by atoms with Gasteiger partial charge in [0.05, 0.1) is 22.3 Å². The highest BCUT2D eigenvalue weighted by atomic mass is 32.2. The van der Waals surface area contributed by atoms with E-state index in [0.717, 1.165) is 33.6 Å².